The highest BCUT2D eigenvalue weighted by Crippen LogP contribution is 2.35. The van der Waals surface area contributed by atoms with Crippen LogP contribution in [0, 0.1) is 11.7 Å². The number of benzene rings is 3. The van der Waals surface area contributed by atoms with Gasteiger partial charge in [0, 0.05) is 31.2 Å². The van der Waals surface area contributed by atoms with Gasteiger partial charge in [-0.15, -0.1) is 0 Å². The summed E-state index contributed by atoms with van der Waals surface area (Å²) < 4.78 is 14.8. The van der Waals surface area contributed by atoms with Crippen molar-refractivity contribution in [2.75, 3.05) is 24.5 Å². The average Bonchev–Trinajstić information content (AvgIpc) is 2.91. The Morgan fingerprint density at radius 1 is 1.11 bits per heavy atom. The minimum Gasteiger partial charge on any atom is -0.478 e. The van der Waals surface area contributed by atoms with Crippen LogP contribution in [0.4, 0.5) is 10.2 Å². The maximum absolute atomic E-state index is 14.8. The number of aromatic nitrogens is 1. The van der Waals surface area contributed by atoms with Gasteiger partial charge in [-0.2, -0.15) is 0 Å². The Kier molecular flexibility index (Phi) is 6.96. The number of pyridine rings is 1. The molecular weight excluding hydrogens is 453 g/mol. The summed E-state index contributed by atoms with van der Waals surface area (Å²) in [5.41, 5.74) is 2.36. The molecule has 2 N–H and O–H groups in total. The Bertz CT molecular complexity index is 1360. The second-order valence-electron chi connectivity index (χ2n) is 9.54. The summed E-state index contributed by atoms with van der Waals surface area (Å²) in [4.78, 5) is 17.3. The molecule has 1 aliphatic rings. The molecule has 1 saturated heterocycles. The van der Waals surface area contributed by atoms with Gasteiger partial charge in [-0.3, -0.25) is 0 Å². The van der Waals surface area contributed by atoms with E-state index in [9.17, 15) is 9.18 Å². The van der Waals surface area contributed by atoms with Crippen LogP contribution in [0.3, 0.4) is 0 Å². The molecule has 0 amide bonds. The Hall–Kier alpha value is -3.77. The largest absolute Gasteiger partial charge is 0.478 e. The molecule has 2 unspecified atom stereocenters. The Labute approximate surface area is 210 Å². The van der Waals surface area contributed by atoms with Gasteiger partial charge in [-0.05, 0) is 53.8 Å². The van der Waals surface area contributed by atoms with E-state index in [-0.39, 0.29) is 23.3 Å². The zero-order chi connectivity index (χ0) is 25.1. The maximum atomic E-state index is 14.8. The number of nitrogens with zero attached hydrogens (tertiary/aromatic N) is 2. The third kappa shape index (κ3) is 4.95. The normalized spacial score (nSPS) is 18.8. The van der Waals surface area contributed by atoms with Crippen molar-refractivity contribution in [3.05, 3.63) is 108 Å². The van der Waals surface area contributed by atoms with Crippen LogP contribution in [0.1, 0.15) is 46.8 Å². The lowest BCUT2D eigenvalue weighted by molar-refractivity contribution is 0.0696. The number of anilines is 1. The predicted octanol–water partition coefficient (Wildman–Crippen LogP) is 6.03. The van der Waals surface area contributed by atoms with E-state index >= 15 is 0 Å². The molecule has 4 aromatic rings. The molecule has 3 aromatic carbocycles. The summed E-state index contributed by atoms with van der Waals surface area (Å²) in [5.74, 6) is -1.01. The standard InChI is InChI=1S/C30H30FN3O2/c1-20(25-13-7-11-21-10-5-6-12-26(21)25)32-17-23-14-15-34(19-27(23)22-8-3-2-4-9-22)29-28(31)16-24(18-33-29)30(35)36/h2-13,16,18,20,23,27,32H,14-15,17,19H2,1H3,(H,35,36)/t20-,23?,27?/m1/s1. The van der Waals surface area contributed by atoms with E-state index in [4.69, 9.17) is 5.11 Å². The van der Waals surface area contributed by atoms with Gasteiger partial charge in [0.1, 0.15) is 0 Å². The molecule has 3 atom stereocenters. The third-order valence-corrected chi connectivity index (χ3v) is 7.33. The SMILES string of the molecule is C[C@@H](NCC1CCN(c2ncc(C(=O)O)cc2F)CC1c1ccccc1)c1cccc2ccccc12. The monoisotopic (exact) mass is 483 g/mol. The fourth-order valence-corrected chi connectivity index (χ4v) is 5.36. The van der Waals surface area contributed by atoms with Gasteiger partial charge in [0.15, 0.2) is 11.6 Å². The minimum absolute atomic E-state index is 0.141. The number of nitrogens with one attached hydrogen (secondary N) is 1. The molecule has 1 aromatic heterocycles. The number of carboxylic acids is 1. The van der Waals surface area contributed by atoms with Gasteiger partial charge < -0.3 is 15.3 Å². The molecule has 5 nitrogen and oxygen atoms in total. The number of rotatable bonds is 7. The van der Waals surface area contributed by atoms with Crippen LogP contribution in [-0.2, 0) is 0 Å². The molecule has 0 spiro atoms. The van der Waals surface area contributed by atoms with Gasteiger partial charge in [0.2, 0.25) is 0 Å². The van der Waals surface area contributed by atoms with Crippen LogP contribution in [0.2, 0.25) is 0 Å². The fourth-order valence-electron chi connectivity index (χ4n) is 5.36. The predicted molar refractivity (Wildman–Crippen MR) is 141 cm³/mol. The second kappa shape index (κ2) is 10.5. The van der Waals surface area contributed by atoms with Gasteiger partial charge >= 0.3 is 5.97 Å². The number of aromatic carboxylic acids is 1. The summed E-state index contributed by atoms with van der Waals surface area (Å²) in [6, 6.07) is 26.5. The van der Waals surface area contributed by atoms with E-state index in [1.807, 2.05) is 23.1 Å². The van der Waals surface area contributed by atoms with Crippen LogP contribution in [0.5, 0.6) is 0 Å². The molecule has 5 rings (SSSR count). The van der Waals surface area contributed by atoms with Crippen molar-refractivity contribution in [3.8, 4) is 0 Å². The Morgan fingerprint density at radius 2 is 1.86 bits per heavy atom. The number of carboxylic acid groups (broad SMARTS) is 1. The molecule has 0 radical (unpaired) electrons. The molecular formula is C30H30FN3O2. The lowest BCUT2D eigenvalue weighted by atomic mass is 9.80. The smallest absolute Gasteiger partial charge is 0.337 e. The van der Waals surface area contributed by atoms with Gasteiger partial charge in [0.05, 0.1) is 5.56 Å². The van der Waals surface area contributed by atoms with E-state index in [1.165, 1.54) is 28.1 Å². The first-order valence-corrected chi connectivity index (χ1v) is 12.4. The average molecular weight is 484 g/mol. The first-order chi connectivity index (χ1) is 17.5. The molecule has 6 heteroatoms. The number of hydrogen-bond acceptors (Lipinski definition) is 4. The van der Waals surface area contributed by atoms with Crippen molar-refractivity contribution in [3.63, 3.8) is 0 Å². The number of piperidine rings is 1. The Morgan fingerprint density at radius 3 is 2.64 bits per heavy atom. The first kappa shape index (κ1) is 23.9. The molecule has 184 valence electrons. The summed E-state index contributed by atoms with van der Waals surface area (Å²) in [7, 11) is 0. The fraction of sp³-hybridized carbons (Fsp3) is 0.267. The van der Waals surface area contributed by atoms with Crippen LogP contribution >= 0.6 is 0 Å². The van der Waals surface area contributed by atoms with Gasteiger partial charge in [0.25, 0.3) is 0 Å². The molecule has 0 bridgehead atoms. The zero-order valence-electron chi connectivity index (χ0n) is 20.3. The number of hydrogen-bond donors (Lipinski definition) is 2. The highest BCUT2D eigenvalue weighted by atomic mass is 19.1. The van der Waals surface area contributed by atoms with Gasteiger partial charge in [-0.1, -0.05) is 72.8 Å². The molecule has 36 heavy (non-hydrogen) atoms. The molecule has 0 saturated carbocycles. The van der Waals surface area contributed by atoms with E-state index in [0.29, 0.717) is 19.0 Å². The third-order valence-electron chi connectivity index (χ3n) is 7.33. The lowest BCUT2D eigenvalue weighted by Gasteiger charge is -2.40. The van der Waals surface area contributed by atoms with Gasteiger partial charge in [-0.25, -0.2) is 14.2 Å². The summed E-state index contributed by atoms with van der Waals surface area (Å²) in [6.45, 7) is 4.33. The molecule has 1 fully saturated rings. The van der Waals surface area contributed by atoms with Crippen molar-refractivity contribution in [2.24, 2.45) is 5.92 Å². The molecule has 1 aliphatic heterocycles. The van der Waals surface area contributed by atoms with E-state index in [1.54, 1.807) is 0 Å². The van der Waals surface area contributed by atoms with E-state index in [2.05, 4.69) is 71.8 Å². The number of halogens is 1. The van der Waals surface area contributed by atoms with Crippen molar-refractivity contribution in [1.29, 1.82) is 0 Å². The summed E-state index contributed by atoms with van der Waals surface area (Å²) in [6.07, 6.45) is 2.11. The van der Waals surface area contributed by atoms with Crippen LogP contribution in [0.25, 0.3) is 10.8 Å². The quantitative estimate of drug-likeness (QED) is 0.336. The maximum Gasteiger partial charge on any atom is 0.337 e. The topological polar surface area (TPSA) is 65.5 Å². The lowest BCUT2D eigenvalue weighted by Crippen LogP contribution is -2.43. The first-order valence-electron chi connectivity index (χ1n) is 12.4. The molecule has 2 heterocycles. The summed E-state index contributed by atoms with van der Waals surface area (Å²) >= 11 is 0. The van der Waals surface area contributed by atoms with Crippen molar-refractivity contribution in [2.45, 2.75) is 25.3 Å². The highest BCUT2D eigenvalue weighted by molar-refractivity contribution is 5.87. The molecule has 0 aliphatic carbocycles. The van der Waals surface area contributed by atoms with Crippen LogP contribution in [-0.4, -0.2) is 35.7 Å². The highest BCUT2D eigenvalue weighted by Gasteiger charge is 2.32. The number of fused-ring (bicyclic) bond motifs is 1. The minimum atomic E-state index is -1.18. The van der Waals surface area contributed by atoms with E-state index in [0.717, 1.165) is 19.0 Å². The Balaban J connectivity index is 1.35. The second-order valence-corrected chi connectivity index (χ2v) is 9.54. The zero-order valence-corrected chi connectivity index (χ0v) is 20.3. The summed E-state index contributed by atoms with van der Waals surface area (Å²) in [5, 5.41) is 15.4. The number of carbonyl (C=O) groups is 1. The van der Waals surface area contributed by atoms with Crippen molar-refractivity contribution >= 4 is 22.6 Å². The van der Waals surface area contributed by atoms with Crippen LogP contribution in [0.15, 0.2) is 85.1 Å². The van der Waals surface area contributed by atoms with Crippen molar-refractivity contribution in [1.82, 2.24) is 10.3 Å². The van der Waals surface area contributed by atoms with E-state index < -0.39 is 11.8 Å². The van der Waals surface area contributed by atoms with Crippen LogP contribution < -0.4 is 10.2 Å². The van der Waals surface area contributed by atoms with Crippen molar-refractivity contribution < 1.29 is 14.3 Å².